The number of aryl methyl sites for hydroxylation is 1. The molecular formula is C26H19Cl2NO8S2. The van der Waals surface area contributed by atoms with E-state index in [1.807, 2.05) is 6.92 Å². The summed E-state index contributed by atoms with van der Waals surface area (Å²) in [6, 6.07) is 12.2. The lowest BCUT2D eigenvalue weighted by Crippen LogP contribution is -2.27. The molecule has 0 radical (unpaired) electrons. The van der Waals surface area contributed by atoms with E-state index in [1.54, 1.807) is 24.3 Å². The summed E-state index contributed by atoms with van der Waals surface area (Å²) in [5, 5.41) is -0.222. The molecule has 1 saturated heterocycles. The Bertz CT molecular complexity index is 1640. The predicted molar refractivity (Wildman–Crippen MR) is 146 cm³/mol. The summed E-state index contributed by atoms with van der Waals surface area (Å²) in [4.78, 5) is 26.9. The minimum absolute atomic E-state index is 0.0239. The third-order valence-electron chi connectivity index (χ3n) is 5.80. The number of thioether (sulfide) groups is 1. The molecule has 202 valence electrons. The summed E-state index contributed by atoms with van der Waals surface area (Å²) >= 11 is 13.4. The molecular weight excluding hydrogens is 589 g/mol. The summed E-state index contributed by atoms with van der Waals surface area (Å²) < 4.78 is 46.8. The predicted octanol–water partition coefficient (Wildman–Crippen LogP) is 6.04. The molecule has 3 aromatic rings. The van der Waals surface area contributed by atoms with Crippen LogP contribution in [0.3, 0.4) is 0 Å². The first-order valence-electron chi connectivity index (χ1n) is 11.3. The lowest BCUT2D eigenvalue weighted by Gasteiger charge is -2.14. The number of carbonyl (C=O) groups excluding carboxylic acids is 2. The van der Waals surface area contributed by atoms with Gasteiger partial charge in [0.05, 0.1) is 23.6 Å². The molecule has 5 rings (SSSR count). The molecule has 2 aliphatic rings. The SMILES string of the molecule is COc1cc(/C=C2\SC(=O)N(Cc3cc4c(cc3Cl)OCO4)C2=O)cc(Cl)c1OS(=O)(=O)c1ccc(C)cc1. The first kappa shape index (κ1) is 27.2. The highest BCUT2D eigenvalue weighted by Crippen LogP contribution is 2.42. The van der Waals surface area contributed by atoms with Gasteiger partial charge in [0, 0.05) is 11.1 Å². The third-order valence-corrected chi connectivity index (χ3v) is 8.57. The van der Waals surface area contributed by atoms with Gasteiger partial charge in [0.15, 0.2) is 17.2 Å². The minimum Gasteiger partial charge on any atom is -0.493 e. The molecule has 39 heavy (non-hydrogen) atoms. The number of carbonyl (C=O) groups is 2. The van der Waals surface area contributed by atoms with Crippen LogP contribution in [0, 0.1) is 6.92 Å². The van der Waals surface area contributed by atoms with Crippen molar-refractivity contribution in [1.29, 1.82) is 0 Å². The summed E-state index contributed by atoms with van der Waals surface area (Å²) in [6.07, 6.45) is 1.46. The Kier molecular flexibility index (Phi) is 7.43. The molecule has 0 N–H and O–H groups in total. The second-order valence-electron chi connectivity index (χ2n) is 8.45. The molecule has 0 atom stereocenters. The molecule has 3 aromatic carbocycles. The van der Waals surface area contributed by atoms with Gasteiger partial charge in [0.25, 0.3) is 11.1 Å². The van der Waals surface area contributed by atoms with Crippen molar-refractivity contribution in [2.45, 2.75) is 18.4 Å². The Labute approximate surface area is 238 Å². The monoisotopic (exact) mass is 607 g/mol. The van der Waals surface area contributed by atoms with Crippen LogP contribution in [-0.4, -0.2) is 38.4 Å². The van der Waals surface area contributed by atoms with E-state index in [2.05, 4.69) is 0 Å². The molecule has 0 unspecified atom stereocenters. The van der Waals surface area contributed by atoms with Gasteiger partial charge in [0.1, 0.15) is 4.90 Å². The first-order chi connectivity index (χ1) is 18.6. The van der Waals surface area contributed by atoms with Crippen LogP contribution < -0.4 is 18.4 Å². The molecule has 0 aliphatic carbocycles. The molecule has 0 saturated carbocycles. The van der Waals surface area contributed by atoms with Crippen molar-refractivity contribution >= 4 is 62.3 Å². The van der Waals surface area contributed by atoms with Crippen molar-refractivity contribution < 1.29 is 36.4 Å². The van der Waals surface area contributed by atoms with Gasteiger partial charge in [-0.3, -0.25) is 14.5 Å². The fourth-order valence-corrected chi connectivity index (χ4v) is 6.12. The number of amides is 2. The van der Waals surface area contributed by atoms with Crippen LogP contribution in [0.25, 0.3) is 6.08 Å². The first-order valence-corrected chi connectivity index (χ1v) is 14.3. The van der Waals surface area contributed by atoms with Crippen molar-refractivity contribution in [2.75, 3.05) is 13.9 Å². The van der Waals surface area contributed by atoms with Crippen LogP contribution in [0.1, 0.15) is 16.7 Å². The van der Waals surface area contributed by atoms with E-state index >= 15 is 0 Å². The molecule has 13 heteroatoms. The van der Waals surface area contributed by atoms with Crippen molar-refractivity contribution in [3.05, 3.63) is 80.2 Å². The quantitative estimate of drug-likeness (QED) is 0.234. The fourth-order valence-electron chi connectivity index (χ4n) is 3.81. The van der Waals surface area contributed by atoms with Crippen LogP contribution in [-0.2, 0) is 21.5 Å². The van der Waals surface area contributed by atoms with E-state index in [9.17, 15) is 18.0 Å². The lowest BCUT2D eigenvalue weighted by molar-refractivity contribution is -0.123. The maximum Gasteiger partial charge on any atom is 0.339 e. The van der Waals surface area contributed by atoms with Crippen molar-refractivity contribution in [3.63, 3.8) is 0 Å². The molecule has 2 aliphatic heterocycles. The Morgan fingerprint density at radius 1 is 1.03 bits per heavy atom. The normalized spacial score (nSPS) is 15.8. The average molecular weight is 608 g/mol. The van der Waals surface area contributed by atoms with Crippen molar-refractivity contribution in [2.24, 2.45) is 0 Å². The Morgan fingerprint density at radius 2 is 1.72 bits per heavy atom. The highest BCUT2D eigenvalue weighted by molar-refractivity contribution is 8.18. The topological polar surface area (TPSA) is 108 Å². The molecule has 1 fully saturated rings. The van der Waals surface area contributed by atoms with Crippen LogP contribution in [0.2, 0.25) is 10.0 Å². The second-order valence-corrected chi connectivity index (χ2v) is 11.8. The van der Waals surface area contributed by atoms with Crippen LogP contribution in [0.4, 0.5) is 4.79 Å². The molecule has 2 heterocycles. The van der Waals surface area contributed by atoms with E-state index in [1.165, 1.54) is 37.5 Å². The number of methoxy groups -OCH3 is 1. The van der Waals surface area contributed by atoms with Gasteiger partial charge in [-0.15, -0.1) is 0 Å². The molecule has 0 spiro atoms. The van der Waals surface area contributed by atoms with E-state index in [4.69, 9.17) is 41.6 Å². The van der Waals surface area contributed by atoms with E-state index in [-0.39, 0.29) is 39.7 Å². The third kappa shape index (κ3) is 5.53. The van der Waals surface area contributed by atoms with Gasteiger partial charge < -0.3 is 18.4 Å². The summed E-state index contributed by atoms with van der Waals surface area (Å²) in [6.45, 7) is 1.83. The number of benzene rings is 3. The number of hydrogen-bond acceptors (Lipinski definition) is 9. The van der Waals surface area contributed by atoms with Crippen LogP contribution in [0.15, 0.2) is 58.3 Å². The number of nitrogens with zero attached hydrogens (tertiary/aromatic N) is 1. The zero-order chi connectivity index (χ0) is 27.9. The van der Waals surface area contributed by atoms with Crippen LogP contribution >= 0.6 is 35.0 Å². The number of fused-ring (bicyclic) bond motifs is 1. The van der Waals surface area contributed by atoms with Crippen LogP contribution in [0.5, 0.6) is 23.0 Å². The minimum atomic E-state index is -4.20. The van der Waals surface area contributed by atoms with Gasteiger partial charge in [-0.2, -0.15) is 8.42 Å². The zero-order valence-electron chi connectivity index (χ0n) is 20.4. The Balaban J connectivity index is 1.39. The van der Waals surface area contributed by atoms with E-state index < -0.39 is 21.3 Å². The van der Waals surface area contributed by atoms with Gasteiger partial charge in [-0.1, -0.05) is 40.9 Å². The van der Waals surface area contributed by atoms with Gasteiger partial charge in [0.2, 0.25) is 12.5 Å². The molecule has 0 aromatic heterocycles. The molecule has 0 bridgehead atoms. The highest BCUT2D eigenvalue weighted by Gasteiger charge is 2.36. The van der Waals surface area contributed by atoms with Gasteiger partial charge in [-0.05, 0) is 66.2 Å². The number of imide groups is 1. The smallest absolute Gasteiger partial charge is 0.339 e. The maximum absolute atomic E-state index is 13.1. The van der Waals surface area contributed by atoms with Crippen molar-refractivity contribution in [3.8, 4) is 23.0 Å². The number of ether oxygens (including phenoxy) is 3. The largest absolute Gasteiger partial charge is 0.493 e. The Hall–Kier alpha value is -3.38. The Morgan fingerprint density at radius 3 is 2.41 bits per heavy atom. The number of hydrogen-bond donors (Lipinski definition) is 0. The summed E-state index contributed by atoms with van der Waals surface area (Å²) in [5.74, 6) is 0.252. The van der Waals surface area contributed by atoms with E-state index in [0.717, 1.165) is 22.2 Å². The number of halogens is 2. The lowest BCUT2D eigenvalue weighted by atomic mass is 10.1. The van der Waals surface area contributed by atoms with E-state index in [0.29, 0.717) is 27.6 Å². The van der Waals surface area contributed by atoms with Gasteiger partial charge in [-0.25, -0.2) is 0 Å². The zero-order valence-corrected chi connectivity index (χ0v) is 23.5. The highest BCUT2D eigenvalue weighted by atomic mass is 35.5. The molecule has 9 nitrogen and oxygen atoms in total. The number of rotatable bonds is 7. The second kappa shape index (κ2) is 10.6. The fraction of sp³-hybridized carbons (Fsp3) is 0.154. The summed E-state index contributed by atoms with van der Waals surface area (Å²) in [5.41, 5.74) is 1.80. The van der Waals surface area contributed by atoms with Gasteiger partial charge >= 0.3 is 10.1 Å². The summed E-state index contributed by atoms with van der Waals surface area (Å²) in [7, 11) is -2.87. The molecule has 2 amide bonds. The standard InChI is InChI=1S/C26H19Cl2NO8S2/c1-14-3-5-17(6-4-14)39(32,33)37-24-19(28)7-15(8-22(24)34-2)9-23-25(30)29(26(31)38-23)12-16-10-20-21(11-18(16)27)36-13-35-20/h3-11H,12-13H2,1-2H3/b23-9-. The van der Waals surface area contributed by atoms with Crippen molar-refractivity contribution in [1.82, 2.24) is 4.90 Å². The average Bonchev–Trinajstić information content (AvgIpc) is 3.44. The maximum atomic E-state index is 13.1.